The molecule has 0 radical (unpaired) electrons. The van der Waals surface area contributed by atoms with Crippen LogP contribution in [0.3, 0.4) is 0 Å². The molecule has 0 aliphatic heterocycles. The molecule has 2 amide bonds. The largest absolute Gasteiger partial charge is 0.497 e. The Labute approximate surface area is 143 Å². The quantitative estimate of drug-likeness (QED) is 0.738. The van der Waals surface area contributed by atoms with Gasteiger partial charge in [0.2, 0.25) is 0 Å². The van der Waals surface area contributed by atoms with Gasteiger partial charge >= 0.3 is 12.0 Å². The van der Waals surface area contributed by atoms with E-state index in [1.54, 1.807) is 37.4 Å². The van der Waals surface area contributed by atoms with Gasteiger partial charge < -0.3 is 19.2 Å². The van der Waals surface area contributed by atoms with Crippen molar-refractivity contribution in [2.45, 2.75) is 0 Å². The van der Waals surface area contributed by atoms with Crippen molar-refractivity contribution < 1.29 is 18.7 Å². The van der Waals surface area contributed by atoms with E-state index in [0.29, 0.717) is 22.7 Å². The number of hydrogen-bond donors (Lipinski definition) is 2. The predicted molar refractivity (Wildman–Crippen MR) is 91.9 cm³/mol. The highest BCUT2D eigenvalue weighted by Crippen LogP contribution is 2.33. The average Bonchev–Trinajstić information content (AvgIpc) is 3.10. The third-order valence-electron chi connectivity index (χ3n) is 3.32. The Morgan fingerprint density at radius 3 is 2.52 bits per heavy atom. The molecule has 128 valence electrons. The molecule has 0 unspecified atom stereocenters. The van der Waals surface area contributed by atoms with Crippen LogP contribution in [0, 0.1) is 0 Å². The van der Waals surface area contributed by atoms with Crippen LogP contribution in [0.5, 0.6) is 11.5 Å². The zero-order chi connectivity index (χ0) is 17.6. The number of rotatable bonds is 5. The molecule has 0 aliphatic carbocycles. The van der Waals surface area contributed by atoms with Crippen LogP contribution in [0.4, 0.5) is 16.5 Å². The van der Waals surface area contributed by atoms with Crippen molar-refractivity contribution in [1.82, 2.24) is 10.2 Å². The Kier molecular flexibility index (Phi) is 4.79. The number of amides is 2. The van der Waals surface area contributed by atoms with Gasteiger partial charge in [-0.3, -0.25) is 5.32 Å². The Bertz CT molecular complexity index is 864. The minimum Gasteiger partial charge on any atom is -0.497 e. The van der Waals surface area contributed by atoms with Crippen LogP contribution < -0.4 is 20.1 Å². The van der Waals surface area contributed by atoms with E-state index in [1.165, 1.54) is 7.11 Å². The zero-order valence-electron chi connectivity index (χ0n) is 13.6. The van der Waals surface area contributed by atoms with Crippen molar-refractivity contribution in [3.63, 3.8) is 0 Å². The van der Waals surface area contributed by atoms with Crippen molar-refractivity contribution in [2.75, 3.05) is 24.9 Å². The van der Waals surface area contributed by atoms with E-state index in [0.717, 1.165) is 0 Å². The van der Waals surface area contributed by atoms with E-state index in [9.17, 15) is 4.79 Å². The number of benzene rings is 2. The number of aromatic nitrogens is 2. The molecule has 0 spiro atoms. The Morgan fingerprint density at radius 1 is 1.00 bits per heavy atom. The zero-order valence-corrected chi connectivity index (χ0v) is 13.6. The van der Waals surface area contributed by atoms with E-state index in [2.05, 4.69) is 20.8 Å². The van der Waals surface area contributed by atoms with Crippen molar-refractivity contribution in [1.29, 1.82) is 0 Å². The first-order chi connectivity index (χ1) is 12.2. The lowest BCUT2D eigenvalue weighted by Gasteiger charge is -2.07. The molecule has 0 aliphatic rings. The van der Waals surface area contributed by atoms with Crippen LogP contribution in [0.2, 0.25) is 0 Å². The second kappa shape index (κ2) is 7.35. The molecule has 0 saturated carbocycles. The monoisotopic (exact) mass is 340 g/mol. The first-order valence-electron chi connectivity index (χ1n) is 7.38. The summed E-state index contributed by atoms with van der Waals surface area (Å²) in [5.41, 5.74) is 1.24. The number of carbonyl (C=O) groups is 1. The molecule has 1 heterocycles. The van der Waals surface area contributed by atoms with Crippen molar-refractivity contribution in [3.8, 4) is 23.0 Å². The molecule has 0 fully saturated rings. The van der Waals surface area contributed by atoms with Crippen LogP contribution in [0.1, 0.15) is 0 Å². The summed E-state index contributed by atoms with van der Waals surface area (Å²) in [5, 5.41) is 12.9. The van der Waals surface area contributed by atoms with E-state index in [1.807, 2.05) is 18.2 Å². The number of urea groups is 1. The van der Waals surface area contributed by atoms with Gasteiger partial charge in [0.15, 0.2) is 0 Å². The molecule has 2 N–H and O–H groups in total. The number of nitrogens with one attached hydrogen (secondary N) is 2. The topological polar surface area (TPSA) is 98.5 Å². The Balaban J connectivity index is 1.73. The molecule has 0 bridgehead atoms. The number of hydrogen-bond acceptors (Lipinski definition) is 6. The maximum atomic E-state index is 11.9. The van der Waals surface area contributed by atoms with Gasteiger partial charge in [-0.25, -0.2) is 4.79 Å². The van der Waals surface area contributed by atoms with Gasteiger partial charge in [-0.2, -0.15) is 0 Å². The maximum absolute atomic E-state index is 11.9. The highest BCUT2D eigenvalue weighted by molar-refractivity contribution is 5.98. The van der Waals surface area contributed by atoms with E-state index in [4.69, 9.17) is 13.9 Å². The molecule has 8 nitrogen and oxygen atoms in total. The summed E-state index contributed by atoms with van der Waals surface area (Å²) >= 11 is 0. The summed E-state index contributed by atoms with van der Waals surface area (Å²) in [6, 6.07) is 13.7. The highest BCUT2D eigenvalue weighted by atomic mass is 16.5. The van der Waals surface area contributed by atoms with Gasteiger partial charge in [-0.1, -0.05) is 23.3 Å². The molecule has 25 heavy (non-hydrogen) atoms. The lowest BCUT2D eigenvalue weighted by Crippen LogP contribution is -2.19. The summed E-state index contributed by atoms with van der Waals surface area (Å²) in [5.74, 6) is 1.37. The second-order valence-corrected chi connectivity index (χ2v) is 4.92. The van der Waals surface area contributed by atoms with E-state index in [-0.39, 0.29) is 11.9 Å². The minimum absolute atomic E-state index is 0.0266. The fourth-order valence-corrected chi connectivity index (χ4v) is 2.14. The van der Waals surface area contributed by atoms with Crippen LogP contribution in [0.15, 0.2) is 52.9 Å². The van der Waals surface area contributed by atoms with Crippen LogP contribution in [-0.4, -0.2) is 30.4 Å². The third kappa shape index (κ3) is 3.86. The first kappa shape index (κ1) is 16.3. The van der Waals surface area contributed by atoms with Crippen LogP contribution in [-0.2, 0) is 0 Å². The van der Waals surface area contributed by atoms with E-state index >= 15 is 0 Å². The molecule has 8 heteroatoms. The number of methoxy groups -OCH3 is 2. The van der Waals surface area contributed by atoms with Crippen molar-refractivity contribution in [3.05, 3.63) is 48.5 Å². The number of para-hydroxylation sites is 1. The lowest BCUT2D eigenvalue weighted by molar-refractivity contribution is 0.261. The summed E-state index contributed by atoms with van der Waals surface area (Å²) in [6.07, 6.45) is 0. The fraction of sp³-hybridized carbons (Fsp3) is 0.118. The molecule has 2 aromatic carbocycles. The van der Waals surface area contributed by atoms with Crippen LogP contribution >= 0.6 is 0 Å². The van der Waals surface area contributed by atoms with Gasteiger partial charge in [0, 0.05) is 11.8 Å². The standard InChI is InChI=1S/C17H16N4O4/c1-23-12-8-9-13(14(10-12)24-2)15-20-21-17(25-15)19-16(22)18-11-6-4-3-5-7-11/h3-10H,1-2H3,(H2,18,19,21,22). The Hall–Kier alpha value is -3.55. The molecule has 3 aromatic rings. The van der Waals surface area contributed by atoms with Crippen molar-refractivity contribution in [2.24, 2.45) is 0 Å². The molecular formula is C17H16N4O4. The first-order valence-corrected chi connectivity index (χ1v) is 7.38. The minimum atomic E-state index is -0.483. The summed E-state index contributed by atoms with van der Waals surface area (Å²) in [7, 11) is 3.09. The average molecular weight is 340 g/mol. The summed E-state index contributed by atoms with van der Waals surface area (Å²) in [4.78, 5) is 11.9. The maximum Gasteiger partial charge on any atom is 0.327 e. The predicted octanol–water partition coefficient (Wildman–Crippen LogP) is 3.40. The molecule has 0 saturated heterocycles. The SMILES string of the molecule is COc1ccc(-c2nnc(NC(=O)Nc3ccccc3)o2)c(OC)c1. The Morgan fingerprint density at radius 2 is 1.80 bits per heavy atom. The molecular weight excluding hydrogens is 324 g/mol. The fourth-order valence-electron chi connectivity index (χ4n) is 2.14. The van der Waals surface area contributed by atoms with Crippen LogP contribution in [0.25, 0.3) is 11.5 Å². The highest BCUT2D eigenvalue weighted by Gasteiger charge is 2.15. The van der Waals surface area contributed by atoms with Gasteiger partial charge in [-0.05, 0) is 24.3 Å². The number of carbonyl (C=O) groups excluding carboxylic acids is 1. The summed E-state index contributed by atoms with van der Waals surface area (Å²) < 4.78 is 15.9. The third-order valence-corrected chi connectivity index (χ3v) is 3.32. The lowest BCUT2D eigenvalue weighted by atomic mass is 10.2. The molecule has 0 atom stereocenters. The number of anilines is 2. The second-order valence-electron chi connectivity index (χ2n) is 4.92. The number of ether oxygens (including phenoxy) is 2. The number of nitrogens with zero attached hydrogens (tertiary/aromatic N) is 2. The van der Waals surface area contributed by atoms with Gasteiger partial charge in [0.25, 0.3) is 5.89 Å². The molecule has 3 rings (SSSR count). The van der Waals surface area contributed by atoms with Gasteiger partial charge in [0.05, 0.1) is 19.8 Å². The smallest absolute Gasteiger partial charge is 0.327 e. The van der Waals surface area contributed by atoms with Gasteiger partial charge in [0.1, 0.15) is 11.5 Å². The summed E-state index contributed by atoms with van der Waals surface area (Å²) in [6.45, 7) is 0. The van der Waals surface area contributed by atoms with Crippen molar-refractivity contribution >= 4 is 17.7 Å². The normalized spacial score (nSPS) is 10.2. The molecule has 1 aromatic heterocycles. The van der Waals surface area contributed by atoms with Gasteiger partial charge in [-0.15, -0.1) is 5.10 Å². The van der Waals surface area contributed by atoms with E-state index < -0.39 is 6.03 Å².